The van der Waals surface area contributed by atoms with Gasteiger partial charge >= 0.3 is 5.97 Å². The van der Waals surface area contributed by atoms with Gasteiger partial charge in [0.05, 0.1) is 24.4 Å². The van der Waals surface area contributed by atoms with Gasteiger partial charge in [0.25, 0.3) is 5.92 Å². The average molecular weight is 442 g/mol. The minimum Gasteiger partial charge on any atom is -0.495 e. The third-order valence-corrected chi connectivity index (χ3v) is 6.43. The van der Waals surface area contributed by atoms with Crippen LogP contribution in [0.5, 0.6) is 5.75 Å². The van der Waals surface area contributed by atoms with Gasteiger partial charge in [0.2, 0.25) is 10.0 Å². The van der Waals surface area contributed by atoms with Gasteiger partial charge in [-0.05, 0) is 27.6 Å². The molecule has 0 N–H and O–H groups in total. The Hall–Kier alpha value is -1.26. The predicted molar refractivity (Wildman–Crippen MR) is 90.4 cm³/mol. The van der Waals surface area contributed by atoms with Crippen LogP contribution in [0.3, 0.4) is 0 Å². The SMILES string of the molecule is COC(=O)c1c(CS(=O)(=O)N2CCC(F)(F)CC2)ccc(Br)c1OC. The van der Waals surface area contributed by atoms with Gasteiger partial charge in [0, 0.05) is 25.9 Å². The number of benzene rings is 1. The third kappa shape index (κ3) is 4.48. The molecule has 1 fully saturated rings. The molecule has 1 aromatic rings. The molecular formula is C15H18BrF2NO5S. The summed E-state index contributed by atoms with van der Waals surface area (Å²) in [5.41, 5.74) is 0.175. The molecule has 0 radical (unpaired) electrons. The van der Waals surface area contributed by atoms with Gasteiger partial charge in [0.15, 0.2) is 0 Å². The molecular weight excluding hydrogens is 424 g/mol. The standard InChI is InChI=1S/C15H18BrF2NO5S/c1-23-13-11(16)4-3-10(12(13)14(20)24-2)9-25(21,22)19-7-5-15(17,18)6-8-19/h3-4H,5-9H2,1-2H3. The van der Waals surface area contributed by atoms with E-state index in [-0.39, 0.29) is 30.0 Å². The van der Waals surface area contributed by atoms with Crippen molar-refractivity contribution in [3.8, 4) is 5.75 Å². The van der Waals surface area contributed by atoms with Gasteiger partial charge in [-0.25, -0.2) is 26.3 Å². The molecule has 1 heterocycles. The normalized spacial score (nSPS) is 18.0. The van der Waals surface area contributed by atoms with Crippen molar-refractivity contribution in [1.29, 1.82) is 0 Å². The van der Waals surface area contributed by atoms with Crippen molar-refractivity contribution >= 4 is 31.9 Å². The molecule has 0 spiro atoms. The number of carbonyl (C=O) groups is 1. The van der Waals surface area contributed by atoms with Crippen LogP contribution in [0.25, 0.3) is 0 Å². The highest BCUT2D eigenvalue weighted by Crippen LogP contribution is 2.34. The lowest BCUT2D eigenvalue weighted by Crippen LogP contribution is -2.43. The number of hydrogen-bond donors (Lipinski definition) is 0. The zero-order chi connectivity index (χ0) is 18.8. The summed E-state index contributed by atoms with van der Waals surface area (Å²) in [6.07, 6.45) is -1.03. The lowest BCUT2D eigenvalue weighted by atomic mass is 10.1. The fourth-order valence-electron chi connectivity index (χ4n) is 2.62. The van der Waals surface area contributed by atoms with Gasteiger partial charge in [-0.1, -0.05) is 6.07 Å². The van der Waals surface area contributed by atoms with E-state index in [9.17, 15) is 22.0 Å². The van der Waals surface area contributed by atoms with Crippen LogP contribution in [0.2, 0.25) is 0 Å². The Labute approximate surface area is 153 Å². The lowest BCUT2D eigenvalue weighted by molar-refractivity contribution is -0.0412. The Balaban J connectivity index is 2.35. The van der Waals surface area contributed by atoms with Crippen LogP contribution >= 0.6 is 15.9 Å². The Morgan fingerprint density at radius 3 is 2.40 bits per heavy atom. The van der Waals surface area contributed by atoms with Crippen molar-refractivity contribution in [2.45, 2.75) is 24.5 Å². The van der Waals surface area contributed by atoms with E-state index < -0.39 is 40.5 Å². The number of methoxy groups -OCH3 is 2. The first-order valence-electron chi connectivity index (χ1n) is 7.40. The van der Waals surface area contributed by atoms with Crippen LogP contribution in [-0.2, 0) is 20.5 Å². The zero-order valence-corrected chi connectivity index (χ0v) is 16.1. The molecule has 0 atom stereocenters. The molecule has 0 saturated carbocycles. The minimum atomic E-state index is -3.87. The number of rotatable bonds is 5. The number of hydrogen-bond acceptors (Lipinski definition) is 5. The Morgan fingerprint density at radius 2 is 1.88 bits per heavy atom. The van der Waals surface area contributed by atoms with Crippen molar-refractivity contribution in [3.63, 3.8) is 0 Å². The van der Waals surface area contributed by atoms with Crippen LogP contribution in [0.4, 0.5) is 8.78 Å². The topological polar surface area (TPSA) is 72.9 Å². The van der Waals surface area contributed by atoms with E-state index in [0.717, 1.165) is 4.31 Å². The van der Waals surface area contributed by atoms with E-state index in [1.165, 1.54) is 20.3 Å². The van der Waals surface area contributed by atoms with Gasteiger partial charge in [-0.2, -0.15) is 0 Å². The average Bonchev–Trinajstić information content (AvgIpc) is 2.54. The molecule has 1 aliphatic heterocycles. The largest absolute Gasteiger partial charge is 0.495 e. The number of alkyl halides is 2. The number of sulfonamides is 1. The maximum absolute atomic E-state index is 13.2. The number of halogens is 3. The van der Waals surface area contributed by atoms with E-state index in [0.29, 0.717) is 4.47 Å². The molecule has 0 bridgehead atoms. The van der Waals surface area contributed by atoms with E-state index >= 15 is 0 Å². The monoisotopic (exact) mass is 441 g/mol. The number of carbonyl (C=O) groups excluding carboxylic acids is 1. The van der Waals surface area contributed by atoms with Crippen molar-refractivity contribution in [3.05, 3.63) is 27.7 Å². The predicted octanol–water partition coefficient (Wildman–Crippen LogP) is 2.81. The highest BCUT2D eigenvalue weighted by Gasteiger charge is 2.38. The molecule has 0 aliphatic carbocycles. The fraction of sp³-hybridized carbons (Fsp3) is 0.533. The van der Waals surface area contributed by atoms with E-state index in [1.54, 1.807) is 6.07 Å². The lowest BCUT2D eigenvalue weighted by Gasteiger charge is -2.31. The molecule has 1 aliphatic rings. The summed E-state index contributed by atoms with van der Waals surface area (Å²) in [5, 5.41) is 0. The van der Waals surface area contributed by atoms with E-state index in [2.05, 4.69) is 15.9 Å². The molecule has 140 valence electrons. The first-order valence-corrected chi connectivity index (χ1v) is 9.81. The number of ether oxygens (including phenoxy) is 2. The number of nitrogens with zero attached hydrogens (tertiary/aromatic N) is 1. The van der Waals surface area contributed by atoms with E-state index in [4.69, 9.17) is 9.47 Å². The molecule has 0 aromatic heterocycles. The molecule has 6 nitrogen and oxygen atoms in total. The molecule has 0 amide bonds. The van der Waals surface area contributed by atoms with Crippen molar-refractivity contribution < 1.29 is 31.5 Å². The molecule has 10 heteroatoms. The van der Waals surface area contributed by atoms with E-state index in [1.807, 2.05) is 0 Å². The summed E-state index contributed by atoms with van der Waals surface area (Å²) in [7, 11) is -1.35. The second kappa shape index (κ2) is 7.55. The summed E-state index contributed by atoms with van der Waals surface area (Å²) in [6, 6.07) is 3.02. The summed E-state index contributed by atoms with van der Waals surface area (Å²) in [6.45, 7) is -0.507. The first-order chi connectivity index (χ1) is 11.6. The second-order valence-electron chi connectivity index (χ2n) is 5.62. The Bertz CT molecular complexity index is 759. The van der Waals surface area contributed by atoms with Crippen LogP contribution in [0.15, 0.2) is 16.6 Å². The number of piperidine rings is 1. The highest BCUT2D eigenvalue weighted by atomic mass is 79.9. The van der Waals surface area contributed by atoms with Gasteiger partial charge in [-0.15, -0.1) is 0 Å². The maximum Gasteiger partial charge on any atom is 0.342 e. The van der Waals surface area contributed by atoms with Crippen LogP contribution < -0.4 is 4.74 Å². The zero-order valence-electron chi connectivity index (χ0n) is 13.7. The maximum atomic E-state index is 13.2. The van der Waals surface area contributed by atoms with Crippen LogP contribution in [0.1, 0.15) is 28.8 Å². The quantitative estimate of drug-likeness (QED) is 0.656. The molecule has 0 unspecified atom stereocenters. The van der Waals surface area contributed by atoms with Crippen molar-refractivity contribution in [2.24, 2.45) is 0 Å². The molecule has 2 rings (SSSR count). The van der Waals surface area contributed by atoms with Crippen molar-refractivity contribution in [2.75, 3.05) is 27.3 Å². The Kier molecular flexibility index (Phi) is 6.05. The van der Waals surface area contributed by atoms with Gasteiger partial charge in [0.1, 0.15) is 11.3 Å². The third-order valence-electron chi connectivity index (χ3n) is 3.97. The van der Waals surface area contributed by atoms with Gasteiger partial charge < -0.3 is 9.47 Å². The van der Waals surface area contributed by atoms with Gasteiger partial charge in [-0.3, -0.25) is 0 Å². The first kappa shape index (κ1) is 20.1. The Morgan fingerprint density at radius 1 is 1.28 bits per heavy atom. The molecule has 25 heavy (non-hydrogen) atoms. The summed E-state index contributed by atoms with van der Waals surface area (Å²) in [5.74, 6) is -3.94. The van der Waals surface area contributed by atoms with Crippen LogP contribution in [-0.4, -0.2) is 51.9 Å². The molecule has 1 aromatic carbocycles. The summed E-state index contributed by atoms with van der Waals surface area (Å²) >= 11 is 3.23. The highest BCUT2D eigenvalue weighted by molar-refractivity contribution is 9.10. The summed E-state index contributed by atoms with van der Waals surface area (Å²) in [4.78, 5) is 12.1. The number of esters is 1. The summed E-state index contributed by atoms with van der Waals surface area (Å²) < 4.78 is 63.1. The fourth-order valence-corrected chi connectivity index (χ4v) is 4.67. The smallest absolute Gasteiger partial charge is 0.342 e. The molecule has 1 saturated heterocycles. The minimum absolute atomic E-state index is 0.00899. The second-order valence-corrected chi connectivity index (χ2v) is 8.44. The van der Waals surface area contributed by atoms with Crippen LogP contribution in [0, 0.1) is 0 Å². The van der Waals surface area contributed by atoms with Crippen molar-refractivity contribution in [1.82, 2.24) is 4.31 Å².